The van der Waals surface area contributed by atoms with E-state index in [1.165, 1.54) is 18.5 Å². The zero-order valence-corrected chi connectivity index (χ0v) is 18.4. The quantitative estimate of drug-likeness (QED) is 0.667. The number of carbonyl (C=O) groups is 1. The minimum atomic E-state index is -0.133. The van der Waals surface area contributed by atoms with Gasteiger partial charge in [-0.1, -0.05) is 25.1 Å². The van der Waals surface area contributed by atoms with Crippen LogP contribution < -0.4 is 19.7 Å². The summed E-state index contributed by atoms with van der Waals surface area (Å²) in [7, 11) is 3.19. The number of ether oxygens (including phenoxy) is 2. The van der Waals surface area contributed by atoms with E-state index < -0.39 is 0 Å². The van der Waals surface area contributed by atoms with E-state index in [0.717, 1.165) is 30.1 Å². The van der Waals surface area contributed by atoms with E-state index in [1.807, 2.05) is 25.1 Å². The number of nitrogens with zero attached hydrogens (tertiary/aromatic N) is 1. The van der Waals surface area contributed by atoms with Crippen molar-refractivity contribution in [1.29, 1.82) is 0 Å². The second-order valence-electron chi connectivity index (χ2n) is 7.94. The Hall–Kier alpha value is -2.95. The molecule has 1 saturated heterocycles. The molecule has 0 saturated carbocycles. The maximum atomic E-state index is 12.4. The van der Waals surface area contributed by atoms with Gasteiger partial charge in [0.2, 0.25) is 5.91 Å². The lowest BCUT2D eigenvalue weighted by Gasteiger charge is -2.32. The molecule has 1 heterocycles. The summed E-state index contributed by atoms with van der Waals surface area (Å²) < 4.78 is 10.5. The van der Waals surface area contributed by atoms with Crippen LogP contribution in [0.5, 0.6) is 11.5 Å². The van der Waals surface area contributed by atoms with Crippen molar-refractivity contribution in [2.24, 2.45) is 5.92 Å². The van der Waals surface area contributed by atoms with Crippen LogP contribution in [0.15, 0.2) is 48.5 Å². The molecular formula is C25H32N2O3. The van der Waals surface area contributed by atoms with Crippen LogP contribution in [0.2, 0.25) is 0 Å². The van der Waals surface area contributed by atoms with E-state index >= 15 is 0 Å². The monoisotopic (exact) mass is 408 g/mol. The minimum Gasteiger partial charge on any atom is -0.493 e. The number of benzene rings is 2. The van der Waals surface area contributed by atoms with Crippen molar-refractivity contribution in [3.63, 3.8) is 0 Å². The van der Waals surface area contributed by atoms with E-state index in [1.54, 1.807) is 26.4 Å². The average molecular weight is 409 g/mol. The first-order valence-corrected chi connectivity index (χ1v) is 10.6. The van der Waals surface area contributed by atoms with Gasteiger partial charge in [0.1, 0.15) is 0 Å². The third-order valence-electron chi connectivity index (χ3n) is 5.74. The van der Waals surface area contributed by atoms with Crippen LogP contribution >= 0.6 is 0 Å². The molecule has 5 nitrogen and oxygen atoms in total. The van der Waals surface area contributed by atoms with Crippen molar-refractivity contribution in [1.82, 2.24) is 5.32 Å². The van der Waals surface area contributed by atoms with Crippen molar-refractivity contribution in [2.75, 3.05) is 32.2 Å². The first-order valence-electron chi connectivity index (χ1n) is 10.6. The first-order chi connectivity index (χ1) is 14.5. The number of hydrogen-bond donors (Lipinski definition) is 1. The molecule has 3 rings (SSSR count). The van der Waals surface area contributed by atoms with Gasteiger partial charge in [0, 0.05) is 24.9 Å². The van der Waals surface area contributed by atoms with Gasteiger partial charge < -0.3 is 19.7 Å². The van der Waals surface area contributed by atoms with Gasteiger partial charge in [0.15, 0.2) is 11.5 Å². The van der Waals surface area contributed by atoms with Gasteiger partial charge in [0.05, 0.1) is 20.3 Å². The van der Waals surface area contributed by atoms with E-state index in [0.29, 0.717) is 11.5 Å². The van der Waals surface area contributed by atoms with Crippen LogP contribution in [0, 0.1) is 5.92 Å². The first kappa shape index (κ1) is 21.8. The van der Waals surface area contributed by atoms with E-state index in [9.17, 15) is 4.79 Å². The molecule has 0 unspecified atom stereocenters. The fraction of sp³-hybridized carbons (Fsp3) is 0.400. The highest BCUT2D eigenvalue weighted by atomic mass is 16.5. The molecule has 1 amide bonds. The van der Waals surface area contributed by atoms with Crippen molar-refractivity contribution >= 4 is 17.7 Å². The number of hydrogen-bond acceptors (Lipinski definition) is 4. The predicted molar refractivity (Wildman–Crippen MR) is 122 cm³/mol. The smallest absolute Gasteiger partial charge is 0.244 e. The summed E-state index contributed by atoms with van der Waals surface area (Å²) in [6.07, 6.45) is 5.81. The van der Waals surface area contributed by atoms with Gasteiger partial charge in [0.25, 0.3) is 0 Å². The average Bonchev–Trinajstić information content (AvgIpc) is 2.78. The second kappa shape index (κ2) is 10.2. The Kier molecular flexibility index (Phi) is 7.39. The van der Waals surface area contributed by atoms with Crippen molar-refractivity contribution < 1.29 is 14.3 Å². The van der Waals surface area contributed by atoms with E-state index in [2.05, 4.69) is 41.4 Å². The Bertz CT molecular complexity index is 868. The number of rotatable bonds is 7. The standard InChI is InChI=1S/C25H32N2O3/c1-18-13-15-27(16-14-18)22-9-7-21(8-10-22)19(2)26-25(28)12-6-20-5-11-23(29-3)24(17-20)30-4/h5-12,17-19H,13-16H2,1-4H3,(H,26,28)/b12-6+/t19-/m0/s1. The lowest BCUT2D eigenvalue weighted by atomic mass is 9.98. The number of anilines is 1. The molecular weight excluding hydrogens is 376 g/mol. The molecule has 1 fully saturated rings. The van der Waals surface area contributed by atoms with Crippen LogP contribution in [0.25, 0.3) is 6.08 Å². The molecule has 0 aromatic heterocycles. The highest BCUT2D eigenvalue weighted by Gasteiger charge is 2.16. The topological polar surface area (TPSA) is 50.8 Å². The number of amides is 1. The summed E-state index contributed by atoms with van der Waals surface area (Å²) in [5.41, 5.74) is 3.23. The summed E-state index contributed by atoms with van der Waals surface area (Å²) in [6.45, 7) is 6.56. The lowest BCUT2D eigenvalue weighted by Crippen LogP contribution is -2.32. The largest absolute Gasteiger partial charge is 0.493 e. The summed E-state index contributed by atoms with van der Waals surface area (Å²) in [6, 6.07) is 14.0. The normalized spacial score (nSPS) is 15.8. The van der Waals surface area contributed by atoms with Crippen LogP contribution in [0.1, 0.15) is 43.9 Å². The third-order valence-corrected chi connectivity index (χ3v) is 5.74. The third kappa shape index (κ3) is 5.56. The second-order valence-corrected chi connectivity index (χ2v) is 7.94. The van der Waals surface area contributed by atoms with Gasteiger partial charge in [-0.15, -0.1) is 0 Å². The van der Waals surface area contributed by atoms with Crippen molar-refractivity contribution in [3.05, 3.63) is 59.7 Å². The molecule has 160 valence electrons. The fourth-order valence-corrected chi connectivity index (χ4v) is 3.71. The molecule has 2 aromatic carbocycles. The van der Waals surface area contributed by atoms with Gasteiger partial charge in [-0.05, 0) is 67.2 Å². The molecule has 0 aliphatic carbocycles. The zero-order chi connectivity index (χ0) is 21.5. The SMILES string of the molecule is COc1ccc(/C=C/C(=O)N[C@@H](C)c2ccc(N3CCC(C)CC3)cc2)cc1OC. The molecule has 0 radical (unpaired) electrons. The van der Waals surface area contributed by atoms with E-state index in [-0.39, 0.29) is 11.9 Å². The Morgan fingerprint density at radius 1 is 1.07 bits per heavy atom. The molecule has 2 aromatic rings. The van der Waals surface area contributed by atoms with Gasteiger partial charge in [-0.3, -0.25) is 4.79 Å². The van der Waals surface area contributed by atoms with Gasteiger partial charge in [-0.25, -0.2) is 0 Å². The molecule has 1 atom stereocenters. The highest BCUT2D eigenvalue weighted by molar-refractivity contribution is 5.92. The van der Waals surface area contributed by atoms with Gasteiger partial charge >= 0.3 is 0 Å². The molecule has 0 spiro atoms. The van der Waals surface area contributed by atoms with Crippen LogP contribution in [-0.2, 0) is 4.79 Å². The number of nitrogens with one attached hydrogen (secondary N) is 1. The molecule has 1 N–H and O–H groups in total. The molecule has 1 aliphatic rings. The van der Waals surface area contributed by atoms with Crippen LogP contribution in [-0.4, -0.2) is 33.2 Å². The summed E-state index contributed by atoms with van der Waals surface area (Å²) >= 11 is 0. The van der Waals surface area contributed by atoms with Crippen LogP contribution in [0.4, 0.5) is 5.69 Å². The van der Waals surface area contributed by atoms with E-state index in [4.69, 9.17) is 9.47 Å². The van der Waals surface area contributed by atoms with Crippen LogP contribution in [0.3, 0.4) is 0 Å². The molecule has 5 heteroatoms. The Balaban J connectivity index is 1.57. The molecule has 30 heavy (non-hydrogen) atoms. The number of carbonyl (C=O) groups excluding carboxylic acids is 1. The number of methoxy groups -OCH3 is 2. The highest BCUT2D eigenvalue weighted by Crippen LogP contribution is 2.28. The van der Waals surface area contributed by atoms with Crippen molar-refractivity contribution in [3.8, 4) is 11.5 Å². The summed E-state index contributed by atoms with van der Waals surface area (Å²) in [5.74, 6) is 1.99. The minimum absolute atomic E-state index is 0.0667. The van der Waals surface area contributed by atoms with Crippen molar-refractivity contribution in [2.45, 2.75) is 32.7 Å². The maximum Gasteiger partial charge on any atom is 0.244 e. The number of piperidine rings is 1. The Labute approximate surface area is 179 Å². The fourth-order valence-electron chi connectivity index (χ4n) is 3.71. The molecule has 0 bridgehead atoms. The summed E-state index contributed by atoms with van der Waals surface area (Å²) in [4.78, 5) is 14.8. The molecule has 1 aliphatic heterocycles. The lowest BCUT2D eigenvalue weighted by molar-refractivity contribution is -0.117. The summed E-state index contributed by atoms with van der Waals surface area (Å²) in [5, 5.41) is 3.03. The Morgan fingerprint density at radius 2 is 1.73 bits per heavy atom. The zero-order valence-electron chi connectivity index (χ0n) is 18.4. The Morgan fingerprint density at radius 3 is 2.37 bits per heavy atom. The predicted octanol–water partition coefficient (Wildman–Crippen LogP) is 4.83. The maximum absolute atomic E-state index is 12.4. The van der Waals surface area contributed by atoms with Gasteiger partial charge in [-0.2, -0.15) is 0 Å².